The zero-order chi connectivity index (χ0) is 13.6. The Bertz CT molecular complexity index is 597. The predicted octanol–water partition coefficient (Wildman–Crippen LogP) is 2.41. The molecule has 1 aliphatic rings. The van der Waals surface area contributed by atoms with Gasteiger partial charge in [0.1, 0.15) is 0 Å². The number of hydrogen-bond donors (Lipinski definition) is 1. The Morgan fingerprint density at radius 1 is 1.47 bits per heavy atom. The van der Waals surface area contributed by atoms with Crippen LogP contribution in [0.4, 0.5) is 5.95 Å². The van der Waals surface area contributed by atoms with Gasteiger partial charge in [-0.2, -0.15) is 0 Å². The first-order chi connectivity index (χ1) is 9.06. The van der Waals surface area contributed by atoms with Gasteiger partial charge >= 0.3 is 0 Å². The molecule has 102 valence electrons. The second-order valence-corrected chi connectivity index (χ2v) is 5.82. The summed E-state index contributed by atoms with van der Waals surface area (Å²) in [7, 11) is 2.21. The molecule has 2 N–H and O–H groups in total. The molecular weight excluding hydrogens is 236 g/mol. The number of rotatable bonds is 4. The Morgan fingerprint density at radius 2 is 2.21 bits per heavy atom. The second kappa shape index (κ2) is 4.53. The van der Waals surface area contributed by atoms with Crippen LogP contribution in [-0.2, 0) is 6.54 Å². The van der Waals surface area contributed by atoms with Crippen LogP contribution in [0.25, 0.3) is 11.0 Å². The summed E-state index contributed by atoms with van der Waals surface area (Å²) in [5.41, 5.74) is 9.46. The minimum atomic E-state index is 0.479. The molecule has 1 unspecified atom stereocenters. The fourth-order valence-corrected chi connectivity index (χ4v) is 2.68. The molecule has 1 aromatic carbocycles. The van der Waals surface area contributed by atoms with Crippen LogP contribution >= 0.6 is 0 Å². The number of imidazole rings is 1. The molecule has 3 rings (SSSR count). The third-order valence-corrected chi connectivity index (χ3v) is 4.20. The van der Waals surface area contributed by atoms with Gasteiger partial charge in [-0.3, -0.25) is 4.90 Å². The van der Waals surface area contributed by atoms with Crippen molar-refractivity contribution in [2.45, 2.75) is 45.3 Å². The van der Waals surface area contributed by atoms with Gasteiger partial charge in [0.15, 0.2) is 0 Å². The largest absolute Gasteiger partial charge is 0.369 e. The minimum absolute atomic E-state index is 0.479. The maximum atomic E-state index is 6.08. The van der Waals surface area contributed by atoms with Gasteiger partial charge in [-0.1, -0.05) is 6.07 Å². The first kappa shape index (κ1) is 12.5. The van der Waals surface area contributed by atoms with Crippen molar-refractivity contribution in [3.05, 3.63) is 23.8 Å². The van der Waals surface area contributed by atoms with Crippen molar-refractivity contribution in [2.24, 2.45) is 0 Å². The lowest BCUT2D eigenvalue weighted by Gasteiger charge is -2.25. The van der Waals surface area contributed by atoms with Crippen LogP contribution in [0.15, 0.2) is 18.2 Å². The Hall–Kier alpha value is -1.55. The Labute approximate surface area is 114 Å². The predicted molar refractivity (Wildman–Crippen MR) is 79.1 cm³/mol. The van der Waals surface area contributed by atoms with E-state index in [0.717, 1.165) is 23.6 Å². The van der Waals surface area contributed by atoms with Gasteiger partial charge in [-0.05, 0) is 51.4 Å². The SMILES string of the molecule is Cc1ccc2nc(N)n(CC(C)N(C)C3CC3)c2c1. The van der Waals surface area contributed by atoms with Crippen LogP contribution in [-0.4, -0.2) is 33.6 Å². The molecule has 0 bridgehead atoms. The number of aryl methyl sites for hydroxylation is 1. The monoisotopic (exact) mass is 258 g/mol. The van der Waals surface area contributed by atoms with Crippen LogP contribution in [0.3, 0.4) is 0 Å². The number of hydrogen-bond acceptors (Lipinski definition) is 3. The van der Waals surface area contributed by atoms with E-state index in [0.29, 0.717) is 12.0 Å². The molecule has 1 heterocycles. The number of fused-ring (bicyclic) bond motifs is 1. The summed E-state index contributed by atoms with van der Waals surface area (Å²) in [4.78, 5) is 6.91. The van der Waals surface area contributed by atoms with Gasteiger partial charge in [0.2, 0.25) is 5.95 Å². The highest BCUT2D eigenvalue weighted by molar-refractivity contribution is 5.79. The molecule has 1 fully saturated rings. The standard InChI is InChI=1S/C15H22N4/c1-10-4-7-13-14(8-10)19(15(16)17-13)9-11(2)18(3)12-5-6-12/h4,7-8,11-12H,5-6,9H2,1-3H3,(H2,16,17). The van der Waals surface area contributed by atoms with Crippen molar-refractivity contribution in [1.82, 2.24) is 14.5 Å². The number of anilines is 1. The van der Waals surface area contributed by atoms with E-state index in [9.17, 15) is 0 Å². The maximum Gasteiger partial charge on any atom is 0.201 e. The smallest absolute Gasteiger partial charge is 0.201 e. The van der Waals surface area contributed by atoms with E-state index in [4.69, 9.17) is 5.73 Å². The van der Waals surface area contributed by atoms with Crippen LogP contribution < -0.4 is 5.73 Å². The van der Waals surface area contributed by atoms with Gasteiger partial charge in [0, 0.05) is 18.6 Å². The van der Waals surface area contributed by atoms with Crippen molar-refractivity contribution >= 4 is 17.0 Å². The fourth-order valence-electron chi connectivity index (χ4n) is 2.68. The third kappa shape index (κ3) is 2.32. The normalized spacial score (nSPS) is 17.3. The zero-order valence-electron chi connectivity index (χ0n) is 11.9. The summed E-state index contributed by atoms with van der Waals surface area (Å²) in [6.07, 6.45) is 2.67. The zero-order valence-corrected chi connectivity index (χ0v) is 11.9. The summed E-state index contributed by atoms with van der Waals surface area (Å²) in [5.74, 6) is 0.622. The highest BCUT2D eigenvalue weighted by atomic mass is 15.2. The summed E-state index contributed by atoms with van der Waals surface area (Å²) in [5, 5.41) is 0. The van der Waals surface area contributed by atoms with Crippen molar-refractivity contribution < 1.29 is 0 Å². The lowest BCUT2D eigenvalue weighted by Crippen LogP contribution is -2.34. The minimum Gasteiger partial charge on any atom is -0.369 e. The maximum absolute atomic E-state index is 6.08. The molecule has 4 heteroatoms. The molecule has 1 aliphatic carbocycles. The fraction of sp³-hybridized carbons (Fsp3) is 0.533. The Balaban J connectivity index is 1.90. The number of benzene rings is 1. The lowest BCUT2D eigenvalue weighted by atomic mass is 10.2. The lowest BCUT2D eigenvalue weighted by molar-refractivity contribution is 0.228. The second-order valence-electron chi connectivity index (χ2n) is 5.82. The molecule has 0 spiro atoms. The highest BCUT2D eigenvalue weighted by Crippen LogP contribution is 2.28. The van der Waals surface area contributed by atoms with Gasteiger partial charge in [0.05, 0.1) is 11.0 Å². The number of nitrogens with zero attached hydrogens (tertiary/aromatic N) is 3. The van der Waals surface area contributed by atoms with E-state index < -0.39 is 0 Å². The first-order valence-electron chi connectivity index (χ1n) is 7.00. The van der Waals surface area contributed by atoms with Crippen molar-refractivity contribution in [3.8, 4) is 0 Å². The Morgan fingerprint density at radius 3 is 2.89 bits per heavy atom. The molecular formula is C15H22N4. The molecule has 19 heavy (non-hydrogen) atoms. The average molecular weight is 258 g/mol. The van der Waals surface area contributed by atoms with Gasteiger partial charge < -0.3 is 10.3 Å². The van der Waals surface area contributed by atoms with E-state index in [1.807, 2.05) is 6.07 Å². The molecule has 0 saturated heterocycles. The van der Waals surface area contributed by atoms with Crippen LogP contribution in [0.2, 0.25) is 0 Å². The number of aromatic nitrogens is 2. The quantitative estimate of drug-likeness (QED) is 0.916. The van der Waals surface area contributed by atoms with Gasteiger partial charge in [-0.15, -0.1) is 0 Å². The van der Waals surface area contributed by atoms with Gasteiger partial charge in [-0.25, -0.2) is 4.98 Å². The van der Waals surface area contributed by atoms with Crippen molar-refractivity contribution in [2.75, 3.05) is 12.8 Å². The van der Waals surface area contributed by atoms with Crippen LogP contribution in [0, 0.1) is 6.92 Å². The molecule has 1 atom stereocenters. The highest BCUT2D eigenvalue weighted by Gasteiger charge is 2.29. The molecule has 0 radical (unpaired) electrons. The van der Waals surface area contributed by atoms with E-state index in [-0.39, 0.29) is 0 Å². The Kier molecular flexibility index (Phi) is 2.97. The molecule has 4 nitrogen and oxygen atoms in total. The van der Waals surface area contributed by atoms with Crippen molar-refractivity contribution in [3.63, 3.8) is 0 Å². The first-order valence-corrected chi connectivity index (χ1v) is 7.00. The van der Waals surface area contributed by atoms with E-state index >= 15 is 0 Å². The molecule has 0 amide bonds. The summed E-state index contributed by atoms with van der Waals surface area (Å²) in [6.45, 7) is 5.27. The van der Waals surface area contributed by atoms with Crippen LogP contribution in [0.5, 0.6) is 0 Å². The van der Waals surface area contributed by atoms with Gasteiger partial charge in [0.25, 0.3) is 0 Å². The summed E-state index contributed by atoms with van der Waals surface area (Å²) >= 11 is 0. The molecule has 1 aromatic heterocycles. The number of nitrogen functional groups attached to an aromatic ring is 1. The molecule has 0 aliphatic heterocycles. The molecule has 1 saturated carbocycles. The van der Waals surface area contributed by atoms with E-state index in [1.165, 1.54) is 18.4 Å². The van der Waals surface area contributed by atoms with E-state index in [2.05, 4.69) is 47.5 Å². The number of likely N-dealkylation sites (N-methyl/N-ethyl adjacent to an activating group) is 1. The topological polar surface area (TPSA) is 47.1 Å². The number of nitrogens with two attached hydrogens (primary N) is 1. The van der Waals surface area contributed by atoms with Crippen molar-refractivity contribution in [1.29, 1.82) is 0 Å². The third-order valence-electron chi connectivity index (χ3n) is 4.20. The summed E-state index contributed by atoms with van der Waals surface area (Å²) in [6, 6.07) is 7.55. The average Bonchev–Trinajstić information content (AvgIpc) is 3.17. The van der Waals surface area contributed by atoms with E-state index in [1.54, 1.807) is 0 Å². The summed E-state index contributed by atoms with van der Waals surface area (Å²) < 4.78 is 2.14. The molecule has 2 aromatic rings. The van der Waals surface area contributed by atoms with Crippen LogP contribution in [0.1, 0.15) is 25.3 Å².